The number of aliphatic hydroxyl groups is 2. The molecule has 1 aliphatic heterocycles. The Morgan fingerprint density at radius 1 is 1.22 bits per heavy atom. The zero-order chi connectivity index (χ0) is 18.0. The minimum atomic E-state index is -2.01. The molecular formula is C15H30O7Si. The molecule has 1 rings (SSSR count). The summed E-state index contributed by atoms with van der Waals surface area (Å²) >= 11 is 0. The van der Waals surface area contributed by atoms with E-state index >= 15 is 0 Å². The number of ether oxygens (including phenoxy) is 3. The molecule has 0 amide bonds. The molecule has 0 radical (unpaired) electrons. The average molecular weight is 350 g/mol. The van der Waals surface area contributed by atoms with Crippen molar-refractivity contribution in [2.75, 3.05) is 13.7 Å². The number of hydrogen-bond donors (Lipinski definition) is 2. The molecule has 0 bridgehead atoms. The molecular weight excluding hydrogens is 320 g/mol. The van der Waals surface area contributed by atoms with E-state index in [4.69, 9.17) is 18.6 Å². The van der Waals surface area contributed by atoms with E-state index in [1.165, 1.54) is 14.0 Å². The summed E-state index contributed by atoms with van der Waals surface area (Å²) < 4.78 is 21.8. The van der Waals surface area contributed by atoms with E-state index in [2.05, 4.69) is 33.9 Å². The third-order valence-electron chi connectivity index (χ3n) is 4.59. The highest BCUT2D eigenvalue weighted by molar-refractivity contribution is 6.74. The first-order valence-corrected chi connectivity index (χ1v) is 10.7. The summed E-state index contributed by atoms with van der Waals surface area (Å²) in [4.78, 5) is 11.1. The van der Waals surface area contributed by atoms with Crippen molar-refractivity contribution in [1.82, 2.24) is 0 Å². The molecule has 23 heavy (non-hydrogen) atoms. The molecule has 0 aromatic carbocycles. The van der Waals surface area contributed by atoms with Crippen molar-refractivity contribution in [3.63, 3.8) is 0 Å². The maximum Gasteiger partial charge on any atom is 0.303 e. The van der Waals surface area contributed by atoms with Crippen molar-refractivity contribution in [2.45, 2.75) is 76.5 Å². The van der Waals surface area contributed by atoms with Gasteiger partial charge in [0.2, 0.25) is 0 Å². The first kappa shape index (κ1) is 20.5. The monoisotopic (exact) mass is 350 g/mol. The minimum Gasteiger partial charge on any atom is -0.454 e. The van der Waals surface area contributed by atoms with Crippen molar-refractivity contribution in [3.8, 4) is 0 Å². The highest BCUT2D eigenvalue weighted by atomic mass is 28.4. The van der Waals surface area contributed by atoms with E-state index in [1.807, 2.05) is 0 Å². The van der Waals surface area contributed by atoms with Gasteiger partial charge in [0, 0.05) is 14.0 Å². The van der Waals surface area contributed by atoms with E-state index < -0.39 is 45.0 Å². The number of rotatable bonds is 5. The van der Waals surface area contributed by atoms with E-state index in [1.54, 1.807) is 0 Å². The van der Waals surface area contributed by atoms with Crippen LogP contribution in [0.15, 0.2) is 0 Å². The lowest BCUT2D eigenvalue weighted by molar-refractivity contribution is -0.296. The van der Waals surface area contributed by atoms with Gasteiger partial charge >= 0.3 is 5.97 Å². The molecule has 0 aromatic heterocycles. The molecule has 8 heteroatoms. The molecule has 2 N–H and O–H groups in total. The lowest BCUT2D eigenvalue weighted by Crippen LogP contribution is -2.61. The highest BCUT2D eigenvalue weighted by Gasteiger charge is 2.48. The molecule has 0 aromatic rings. The standard InChI is InChI=1S/C15H30O7Si/c1-9(16)21-13-12(18)11(17)10(22-14(13)19-5)8-20-23(6,7)15(2,3)4/h10-14,17-18H,8H2,1-7H3/t10-,11+,12+,13-,14+/m1/s1. The minimum absolute atomic E-state index is 0.0200. The summed E-state index contributed by atoms with van der Waals surface area (Å²) in [6, 6.07) is 0. The number of esters is 1. The first-order valence-electron chi connectivity index (χ1n) is 7.76. The Bertz CT molecular complexity index is 405. The topological polar surface area (TPSA) is 94.5 Å². The Morgan fingerprint density at radius 2 is 1.78 bits per heavy atom. The van der Waals surface area contributed by atoms with Gasteiger partial charge in [-0.3, -0.25) is 4.79 Å². The van der Waals surface area contributed by atoms with Crippen LogP contribution in [0.1, 0.15) is 27.7 Å². The van der Waals surface area contributed by atoms with Gasteiger partial charge in [-0.05, 0) is 18.1 Å². The zero-order valence-electron chi connectivity index (χ0n) is 15.0. The SMILES string of the molecule is CO[C@H]1O[C@H](CO[Si](C)(C)C(C)(C)C)[C@H](O)[C@H](O)[C@H]1OC(C)=O. The summed E-state index contributed by atoms with van der Waals surface area (Å²) in [5.74, 6) is -0.581. The summed E-state index contributed by atoms with van der Waals surface area (Å²) in [7, 11) is -0.629. The van der Waals surface area contributed by atoms with Gasteiger partial charge in [0.15, 0.2) is 20.7 Å². The van der Waals surface area contributed by atoms with Gasteiger partial charge in [0.25, 0.3) is 0 Å². The van der Waals surface area contributed by atoms with Crippen molar-refractivity contribution >= 4 is 14.3 Å². The maximum absolute atomic E-state index is 11.1. The van der Waals surface area contributed by atoms with Gasteiger partial charge in [-0.1, -0.05) is 20.8 Å². The lowest BCUT2D eigenvalue weighted by Gasteiger charge is -2.43. The van der Waals surface area contributed by atoms with E-state index in [0.29, 0.717) is 0 Å². The molecule has 0 spiro atoms. The maximum atomic E-state index is 11.1. The Morgan fingerprint density at radius 3 is 2.22 bits per heavy atom. The zero-order valence-corrected chi connectivity index (χ0v) is 16.0. The van der Waals surface area contributed by atoms with E-state index in [0.717, 1.165) is 0 Å². The predicted molar refractivity (Wildman–Crippen MR) is 86.4 cm³/mol. The van der Waals surface area contributed by atoms with Crippen molar-refractivity contribution < 1.29 is 33.6 Å². The van der Waals surface area contributed by atoms with E-state index in [9.17, 15) is 15.0 Å². The van der Waals surface area contributed by atoms with Crippen LogP contribution in [0.25, 0.3) is 0 Å². The Balaban J connectivity index is 2.77. The second kappa shape index (κ2) is 7.58. The van der Waals surface area contributed by atoms with Crippen LogP contribution in [0.2, 0.25) is 18.1 Å². The van der Waals surface area contributed by atoms with Crippen LogP contribution in [0, 0.1) is 0 Å². The molecule has 5 atom stereocenters. The van der Waals surface area contributed by atoms with Crippen molar-refractivity contribution in [2.24, 2.45) is 0 Å². The second-order valence-corrected chi connectivity index (χ2v) is 12.2. The van der Waals surface area contributed by atoms with Gasteiger partial charge in [-0.25, -0.2) is 0 Å². The Kier molecular flexibility index (Phi) is 6.77. The molecule has 1 fully saturated rings. The molecule has 7 nitrogen and oxygen atoms in total. The highest BCUT2D eigenvalue weighted by Crippen LogP contribution is 2.37. The fourth-order valence-electron chi connectivity index (χ4n) is 2.06. The third kappa shape index (κ3) is 4.98. The van der Waals surface area contributed by atoms with Gasteiger partial charge in [-0.15, -0.1) is 0 Å². The molecule has 1 heterocycles. The van der Waals surface area contributed by atoms with Gasteiger partial charge in [0.05, 0.1) is 6.61 Å². The quantitative estimate of drug-likeness (QED) is 0.565. The van der Waals surface area contributed by atoms with Gasteiger partial charge < -0.3 is 28.8 Å². The first-order chi connectivity index (χ1) is 10.4. The number of carbonyl (C=O) groups is 1. The smallest absolute Gasteiger partial charge is 0.303 e. The summed E-state index contributed by atoms with van der Waals surface area (Å²) in [6.07, 6.45) is -5.31. The van der Waals surface area contributed by atoms with Crippen molar-refractivity contribution in [3.05, 3.63) is 0 Å². The largest absolute Gasteiger partial charge is 0.454 e. The predicted octanol–water partition coefficient (Wildman–Crippen LogP) is 1.03. The number of methoxy groups -OCH3 is 1. The average Bonchev–Trinajstić information content (AvgIpc) is 2.41. The fourth-order valence-corrected chi connectivity index (χ4v) is 3.07. The van der Waals surface area contributed by atoms with E-state index in [-0.39, 0.29) is 11.6 Å². The summed E-state index contributed by atoms with van der Waals surface area (Å²) in [6.45, 7) is 11.9. The Hall–Kier alpha value is -0.513. The number of hydrogen-bond acceptors (Lipinski definition) is 7. The fraction of sp³-hybridized carbons (Fsp3) is 0.933. The third-order valence-corrected chi connectivity index (χ3v) is 9.09. The Labute approximate surface area is 139 Å². The van der Waals surface area contributed by atoms with Crippen LogP contribution in [0.4, 0.5) is 0 Å². The van der Waals surface area contributed by atoms with Crippen LogP contribution in [0.3, 0.4) is 0 Å². The molecule has 136 valence electrons. The van der Waals surface area contributed by atoms with Crippen molar-refractivity contribution in [1.29, 1.82) is 0 Å². The number of aliphatic hydroxyl groups excluding tert-OH is 2. The van der Waals surface area contributed by atoms with Gasteiger partial charge in [0.1, 0.15) is 18.3 Å². The molecule has 0 unspecified atom stereocenters. The van der Waals surface area contributed by atoms with Gasteiger partial charge in [-0.2, -0.15) is 0 Å². The molecule has 1 saturated heterocycles. The molecule has 0 saturated carbocycles. The van der Waals surface area contributed by atoms with Crippen LogP contribution >= 0.6 is 0 Å². The van der Waals surface area contributed by atoms with Crippen LogP contribution < -0.4 is 0 Å². The van der Waals surface area contributed by atoms with Crippen LogP contribution in [0.5, 0.6) is 0 Å². The van der Waals surface area contributed by atoms with Crippen LogP contribution in [-0.2, 0) is 23.4 Å². The molecule has 0 aliphatic carbocycles. The van der Waals surface area contributed by atoms with Crippen LogP contribution in [-0.4, -0.2) is 68.9 Å². The summed E-state index contributed by atoms with van der Waals surface area (Å²) in [5.41, 5.74) is 0. The molecule has 1 aliphatic rings. The normalized spacial score (nSPS) is 32.7. The number of carbonyl (C=O) groups excluding carboxylic acids is 1. The lowest BCUT2D eigenvalue weighted by atomic mass is 9.99. The second-order valence-electron chi connectivity index (χ2n) is 7.41. The summed E-state index contributed by atoms with van der Waals surface area (Å²) in [5, 5.41) is 20.5.